The van der Waals surface area contributed by atoms with Gasteiger partial charge >= 0.3 is 0 Å². The van der Waals surface area contributed by atoms with Crippen LogP contribution in [0.4, 0.5) is 5.69 Å². The second-order valence-corrected chi connectivity index (χ2v) is 2.07. The fraction of sp³-hybridized carbons (Fsp3) is 0.125. The maximum Gasteiger partial charge on any atom is 0.122 e. The molecular formula is C8H10NO. The highest BCUT2D eigenvalue weighted by Gasteiger charge is 1.95. The Balaban J connectivity index is 3.07. The summed E-state index contributed by atoms with van der Waals surface area (Å²) in [6.07, 6.45) is 0. The molecule has 1 radical (unpaired) electrons. The largest absolute Gasteiger partial charge is 0.496 e. The molecular weight excluding hydrogens is 126 g/mol. The molecule has 0 spiro atoms. The number of nitrogens with two attached hydrogens (primary N) is 1. The molecule has 1 aromatic rings. The molecule has 10 heavy (non-hydrogen) atoms. The molecule has 0 saturated carbocycles. The summed E-state index contributed by atoms with van der Waals surface area (Å²) >= 11 is 0. The summed E-state index contributed by atoms with van der Waals surface area (Å²) in [5.41, 5.74) is 7.02. The van der Waals surface area contributed by atoms with E-state index in [1.54, 1.807) is 25.3 Å². The van der Waals surface area contributed by atoms with E-state index in [-0.39, 0.29) is 0 Å². The monoisotopic (exact) mass is 136 g/mol. The second kappa shape index (κ2) is 2.60. The molecule has 1 aromatic carbocycles. The summed E-state index contributed by atoms with van der Waals surface area (Å²) in [4.78, 5) is 0. The molecule has 0 aromatic heterocycles. The third-order valence-corrected chi connectivity index (χ3v) is 1.30. The molecule has 1 rings (SSSR count). The SMILES string of the molecule is [CH2]c1cc(N)ccc1OC. The molecule has 0 aliphatic heterocycles. The van der Waals surface area contributed by atoms with Crippen LogP contribution in [0.2, 0.25) is 0 Å². The van der Waals surface area contributed by atoms with Gasteiger partial charge in [0.1, 0.15) is 5.75 Å². The van der Waals surface area contributed by atoms with Gasteiger partial charge in [0.25, 0.3) is 0 Å². The van der Waals surface area contributed by atoms with Crippen LogP contribution in [-0.4, -0.2) is 7.11 Å². The number of anilines is 1. The number of rotatable bonds is 1. The smallest absolute Gasteiger partial charge is 0.122 e. The van der Waals surface area contributed by atoms with Crippen LogP contribution in [0.1, 0.15) is 5.56 Å². The van der Waals surface area contributed by atoms with Crippen molar-refractivity contribution in [2.75, 3.05) is 12.8 Å². The summed E-state index contributed by atoms with van der Waals surface area (Å²) < 4.78 is 4.98. The average molecular weight is 136 g/mol. The van der Waals surface area contributed by atoms with Crippen molar-refractivity contribution < 1.29 is 4.74 Å². The molecule has 0 heterocycles. The number of ether oxygens (including phenoxy) is 1. The van der Waals surface area contributed by atoms with Crippen molar-refractivity contribution in [2.45, 2.75) is 0 Å². The Kier molecular flexibility index (Phi) is 1.81. The standard InChI is InChI=1S/C8H10NO/c1-6-5-7(9)3-4-8(6)10-2/h3-5H,1,9H2,2H3. The van der Waals surface area contributed by atoms with Gasteiger partial charge in [0, 0.05) is 5.69 Å². The van der Waals surface area contributed by atoms with E-state index in [2.05, 4.69) is 6.92 Å². The van der Waals surface area contributed by atoms with Crippen molar-refractivity contribution in [3.63, 3.8) is 0 Å². The fourth-order valence-corrected chi connectivity index (χ4v) is 0.799. The van der Waals surface area contributed by atoms with E-state index in [9.17, 15) is 0 Å². The molecule has 0 unspecified atom stereocenters. The Hall–Kier alpha value is -1.18. The highest BCUT2D eigenvalue weighted by molar-refractivity contribution is 5.48. The molecule has 2 nitrogen and oxygen atoms in total. The van der Waals surface area contributed by atoms with Crippen molar-refractivity contribution >= 4 is 5.69 Å². The summed E-state index contributed by atoms with van der Waals surface area (Å²) in [6.45, 7) is 3.75. The van der Waals surface area contributed by atoms with Crippen LogP contribution < -0.4 is 10.5 Å². The first-order valence-electron chi connectivity index (χ1n) is 2.99. The van der Waals surface area contributed by atoms with Gasteiger partial charge in [0.05, 0.1) is 7.11 Å². The van der Waals surface area contributed by atoms with Crippen LogP contribution >= 0.6 is 0 Å². The van der Waals surface area contributed by atoms with Gasteiger partial charge in [-0.15, -0.1) is 0 Å². The van der Waals surface area contributed by atoms with Gasteiger partial charge in [0.2, 0.25) is 0 Å². The fourth-order valence-electron chi connectivity index (χ4n) is 0.799. The maximum atomic E-state index is 5.49. The lowest BCUT2D eigenvalue weighted by atomic mass is 10.2. The molecule has 0 atom stereocenters. The van der Waals surface area contributed by atoms with Crippen LogP contribution in [0.15, 0.2) is 18.2 Å². The third-order valence-electron chi connectivity index (χ3n) is 1.30. The lowest BCUT2D eigenvalue weighted by Crippen LogP contribution is -1.89. The minimum Gasteiger partial charge on any atom is -0.496 e. The summed E-state index contributed by atoms with van der Waals surface area (Å²) in [7, 11) is 1.61. The molecule has 0 aliphatic rings. The molecule has 0 fully saturated rings. The zero-order valence-corrected chi connectivity index (χ0v) is 5.92. The van der Waals surface area contributed by atoms with E-state index in [1.807, 2.05) is 0 Å². The highest BCUT2D eigenvalue weighted by Crippen LogP contribution is 2.18. The highest BCUT2D eigenvalue weighted by atomic mass is 16.5. The normalized spacial score (nSPS) is 9.40. The molecule has 0 bridgehead atoms. The first-order valence-corrected chi connectivity index (χ1v) is 2.99. The van der Waals surface area contributed by atoms with Gasteiger partial charge < -0.3 is 10.5 Å². The lowest BCUT2D eigenvalue weighted by molar-refractivity contribution is 0.413. The lowest BCUT2D eigenvalue weighted by Gasteiger charge is -2.03. The minimum atomic E-state index is 0.714. The predicted molar refractivity (Wildman–Crippen MR) is 41.9 cm³/mol. The number of hydrogen-bond acceptors (Lipinski definition) is 2. The van der Waals surface area contributed by atoms with Crippen LogP contribution in [0.25, 0.3) is 0 Å². The Morgan fingerprint density at radius 3 is 2.70 bits per heavy atom. The Morgan fingerprint density at radius 2 is 2.20 bits per heavy atom. The molecule has 53 valence electrons. The van der Waals surface area contributed by atoms with Gasteiger partial charge in [0.15, 0.2) is 0 Å². The molecule has 0 aliphatic carbocycles. The van der Waals surface area contributed by atoms with Gasteiger partial charge in [-0.2, -0.15) is 0 Å². The van der Waals surface area contributed by atoms with E-state index in [0.29, 0.717) is 5.69 Å². The average Bonchev–Trinajstić information content (AvgIpc) is 1.88. The van der Waals surface area contributed by atoms with Crippen LogP contribution in [0, 0.1) is 6.92 Å². The van der Waals surface area contributed by atoms with Crippen molar-refractivity contribution in [2.24, 2.45) is 0 Å². The number of methoxy groups -OCH3 is 1. The number of hydrogen-bond donors (Lipinski definition) is 1. The van der Waals surface area contributed by atoms with Gasteiger partial charge in [-0.1, -0.05) is 0 Å². The maximum absolute atomic E-state index is 5.49. The quantitative estimate of drug-likeness (QED) is 0.593. The third kappa shape index (κ3) is 1.21. The van der Waals surface area contributed by atoms with Crippen LogP contribution in [0.3, 0.4) is 0 Å². The zero-order valence-electron chi connectivity index (χ0n) is 5.92. The molecule has 2 heteroatoms. The molecule has 0 saturated heterocycles. The van der Waals surface area contributed by atoms with Gasteiger partial charge in [-0.05, 0) is 30.7 Å². The zero-order chi connectivity index (χ0) is 7.56. The van der Waals surface area contributed by atoms with Crippen molar-refractivity contribution in [3.05, 3.63) is 30.7 Å². The van der Waals surface area contributed by atoms with E-state index in [1.165, 1.54) is 0 Å². The van der Waals surface area contributed by atoms with E-state index < -0.39 is 0 Å². The molecule has 2 N–H and O–H groups in total. The number of benzene rings is 1. The van der Waals surface area contributed by atoms with Crippen LogP contribution in [0.5, 0.6) is 5.75 Å². The first kappa shape index (κ1) is 6.93. The van der Waals surface area contributed by atoms with Gasteiger partial charge in [-0.25, -0.2) is 0 Å². The van der Waals surface area contributed by atoms with E-state index >= 15 is 0 Å². The van der Waals surface area contributed by atoms with Crippen molar-refractivity contribution in [1.29, 1.82) is 0 Å². The van der Waals surface area contributed by atoms with E-state index in [0.717, 1.165) is 11.3 Å². The summed E-state index contributed by atoms with van der Waals surface area (Å²) in [6, 6.07) is 5.37. The van der Waals surface area contributed by atoms with Crippen LogP contribution in [-0.2, 0) is 0 Å². The van der Waals surface area contributed by atoms with Crippen molar-refractivity contribution in [1.82, 2.24) is 0 Å². The minimum absolute atomic E-state index is 0.714. The topological polar surface area (TPSA) is 35.2 Å². The van der Waals surface area contributed by atoms with Crippen molar-refractivity contribution in [3.8, 4) is 5.75 Å². The second-order valence-electron chi connectivity index (χ2n) is 2.07. The summed E-state index contributed by atoms with van der Waals surface area (Å²) in [5, 5.41) is 0. The number of nitrogen functional groups attached to an aromatic ring is 1. The Morgan fingerprint density at radius 1 is 1.50 bits per heavy atom. The van der Waals surface area contributed by atoms with E-state index in [4.69, 9.17) is 10.5 Å². The first-order chi connectivity index (χ1) is 4.74. The Bertz CT molecular complexity index is 233. The summed E-state index contributed by atoms with van der Waals surface area (Å²) in [5.74, 6) is 0.772. The van der Waals surface area contributed by atoms with Gasteiger partial charge in [-0.3, -0.25) is 0 Å². The predicted octanol–water partition coefficient (Wildman–Crippen LogP) is 1.46. The molecule has 0 amide bonds. The Labute approximate surface area is 60.6 Å².